The molecule has 1 nitrogen and oxygen atoms in total. The first-order chi connectivity index (χ1) is 5.60. The summed E-state index contributed by atoms with van der Waals surface area (Å²) < 4.78 is 0. The molecule has 0 aliphatic heterocycles. The van der Waals surface area contributed by atoms with Crippen LogP contribution in [0.5, 0.6) is 0 Å². The van der Waals surface area contributed by atoms with E-state index in [1.54, 1.807) is 0 Å². The number of hydrogen-bond acceptors (Lipinski definition) is 1. The fraction of sp³-hybridized carbons (Fsp3) is 0.286. The molecule has 0 aromatic heterocycles. The van der Waals surface area contributed by atoms with Gasteiger partial charge in [0, 0.05) is 22.2 Å². The standard InChI is InChI=1S/C7H6Cl4O/c8-3-5(10)1-7(12)2-6(11)4-9/h1-2H,3-4H2. The maximum atomic E-state index is 10.9. The molecule has 0 N–H and O–H groups in total. The van der Waals surface area contributed by atoms with E-state index in [0.29, 0.717) is 0 Å². The summed E-state index contributed by atoms with van der Waals surface area (Å²) in [5.74, 6) is -0.0921. The average Bonchev–Trinajstić information content (AvgIpc) is 2.03. The van der Waals surface area contributed by atoms with E-state index in [1.165, 1.54) is 12.2 Å². The van der Waals surface area contributed by atoms with Gasteiger partial charge in [-0.1, -0.05) is 23.2 Å². The van der Waals surface area contributed by atoms with Crippen LogP contribution in [0.15, 0.2) is 22.2 Å². The Morgan fingerprint density at radius 3 is 1.58 bits per heavy atom. The highest BCUT2D eigenvalue weighted by Crippen LogP contribution is 2.07. The maximum absolute atomic E-state index is 10.9. The average molecular weight is 248 g/mol. The normalized spacial score (nSPS) is 13.3. The first kappa shape index (κ1) is 12.3. The Kier molecular flexibility index (Phi) is 6.96. The summed E-state index contributed by atoms with van der Waals surface area (Å²) in [4.78, 5) is 10.9. The van der Waals surface area contributed by atoms with E-state index >= 15 is 0 Å². The molecule has 0 amide bonds. The van der Waals surface area contributed by atoms with E-state index < -0.39 is 0 Å². The summed E-state index contributed by atoms with van der Waals surface area (Å²) in [5.41, 5.74) is 0. The summed E-state index contributed by atoms with van der Waals surface area (Å²) in [6.45, 7) is 0. The van der Waals surface area contributed by atoms with Gasteiger partial charge in [-0.3, -0.25) is 4.79 Å². The van der Waals surface area contributed by atoms with Crippen LogP contribution in [-0.2, 0) is 4.79 Å². The van der Waals surface area contributed by atoms with E-state index in [-0.39, 0.29) is 27.6 Å². The van der Waals surface area contributed by atoms with Crippen LogP contribution in [-0.4, -0.2) is 17.5 Å². The lowest BCUT2D eigenvalue weighted by Crippen LogP contribution is -1.90. The van der Waals surface area contributed by atoms with E-state index in [2.05, 4.69) is 0 Å². The Morgan fingerprint density at radius 2 is 1.33 bits per heavy atom. The summed E-state index contributed by atoms with van der Waals surface area (Å²) in [7, 11) is 0. The van der Waals surface area contributed by atoms with Crippen LogP contribution >= 0.6 is 46.4 Å². The Balaban J connectivity index is 4.24. The molecule has 0 radical (unpaired) electrons. The number of allylic oxidation sites excluding steroid dienone is 4. The summed E-state index contributed by atoms with van der Waals surface area (Å²) in [5, 5.41) is 0.550. The molecule has 0 aromatic carbocycles. The minimum absolute atomic E-state index is 0.111. The lowest BCUT2D eigenvalue weighted by atomic mass is 10.3. The number of carbonyl (C=O) groups is 1. The molecule has 68 valence electrons. The van der Waals surface area contributed by atoms with Gasteiger partial charge in [-0.2, -0.15) is 0 Å². The van der Waals surface area contributed by atoms with Crippen molar-refractivity contribution in [3.8, 4) is 0 Å². The van der Waals surface area contributed by atoms with Gasteiger partial charge in [0.05, 0.1) is 11.8 Å². The Morgan fingerprint density at radius 1 is 1.00 bits per heavy atom. The Labute approximate surface area is 90.9 Å². The quantitative estimate of drug-likeness (QED) is 0.551. The van der Waals surface area contributed by atoms with Gasteiger partial charge >= 0.3 is 0 Å². The van der Waals surface area contributed by atoms with Crippen LogP contribution in [0.25, 0.3) is 0 Å². The van der Waals surface area contributed by atoms with Gasteiger partial charge < -0.3 is 0 Å². The fourth-order valence-corrected chi connectivity index (χ4v) is 0.797. The third kappa shape index (κ3) is 5.90. The summed E-state index contributed by atoms with van der Waals surface area (Å²) in [6, 6.07) is 0. The smallest absolute Gasteiger partial charge is 0.181 e. The molecule has 0 unspecified atom stereocenters. The number of carbonyl (C=O) groups excluding carboxylic acids is 1. The Bertz CT molecular complexity index is 197. The topological polar surface area (TPSA) is 17.1 Å². The second-order valence-electron chi connectivity index (χ2n) is 1.85. The van der Waals surface area contributed by atoms with Gasteiger partial charge in [0.15, 0.2) is 5.78 Å². The van der Waals surface area contributed by atoms with Crippen LogP contribution in [0.1, 0.15) is 0 Å². The van der Waals surface area contributed by atoms with Gasteiger partial charge in [-0.25, -0.2) is 0 Å². The van der Waals surface area contributed by atoms with Crippen molar-refractivity contribution in [3.63, 3.8) is 0 Å². The molecule has 0 aromatic rings. The van der Waals surface area contributed by atoms with Crippen molar-refractivity contribution in [2.45, 2.75) is 0 Å². The second kappa shape index (κ2) is 6.79. The highest BCUT2D eigenvalue weighted by Gasteiger charge is 1.97. The minimum Gasteiger partial charge on any atom is -0.290 e. The number of alkyl halides is 2. The number of rotatable bonds is 4. The van der Waals surface area contributed by atoms with Gasteiger partial charge in [-0.15, -0.1) is 23.2 Å². The van der Waals surface area contributed by atoms with Crippen molar-refractivity contribution in [1.82, 2.24) is 0 Å². The molecule has 12 heavy (non-hydrogen) atoms. The third-order valence-electron chi connectivity index (χ3n) is 0.853. The summed E-state index contributed by atoms with van der Waals surface area (Å²) >= 11 is 21.6. The largest absolute Gasteiger partial charge is 0.290 e. The monoisotopic (exact) mass is 246 g/mol. The SMILES string of the molecule is O=C(C=C(Cl)CCl)C=C(Cl)CCl. The molecule has 5 heteroatoms. The maximum Gasteiger partial charge on any atom is 0.181 e. The zero-order valence-electron chi connectivity index (χ0n) is 5.99. The molecule has 0 spiro atoms. The predicted molar refractivity (Wildman–Crippen MR) is 54.3 cm³/mol. The van der Waals surface area contributed by atoms with Crippen LogP contribution in [0, 0.1) is 0 Å². The zero-order valence-corrected chi connectivity index (χ0v) is 9.01. The predicted octanol–water partition coefficient (Wildman–Crippen LogP) is 3.28. The molecule has 0 rings (SSSR count). The van der Waals surface area contributed by atoms with E-state index in [9.17, 15) is 4.79 Å². The Hall–Kier alpha value is 0.310. The molecule has 0 bridgehead atoms. The van der Waals surface area contributed by atoms with Gasteiger partial charge in [0.2, 0.25) is 0 Å². The van der Waals surface area contributed by atoms with Crippen molar-refractivity contribution in [2.24, 2.45) is 0 Å². The number of halogens is 4. The van der Waals surface area contributed by atoms with Crippen molar-refractivity contribution >= 4 is 52.2 Å². The number of ketones is 1. The lowest BCUT2D eigenvalue weighted by molar-refractivity contribution is -0.110. The lowest BCUT2D eigenvalue weighted by Gasteiger charge is -1.89. The van der Waals surface area contributed by atoms with E-state index in [0.717, 1.165) is 0 Å². The minimum atomic E-state index is -0.314. The van der Waals surface area contributed by atoms with E-state index in [4.69, 9.17) is 46.4 Å². The van der Waals surface area contributed by atoms with Gasteiger partial charge in [0.25, 0.3) is 0 Å². The van der Waals surface area contributed by atoms with Crippen molar-refractivity contribution in [3.05, 3.63) is 22.2 Å². The molecule has 0 fully saturated rings. The fourth-order valence-electron chi connectivity index (χ4n) is 0.428. The number of hydrogen-bond donors (Lipinski definition) is 0. The second-order valence-corrected chi connectivity index (χ2v) is 3.36. The van der Waals surface area contributed by atoms with Crippen molar-refractivity contribution < 1.29 is 4.79 Å². The molecular formula is C7H6Cl4O. The molecule has 0 saturated heterocycles. The van der Waals surface area contributed by atoms with Crippen LogP contribution in [0.3, 0.4) is 0 Å². The highest BCUT2D eigenvalue weighted by atomic mass is 35.5. The summed E-state index contributed by atoms with van der Waals surface area (Å²) in [6.07, 6.45) is 2.40. The van der Waals surface area contributed by atoms with Gasteiger partial charge in [0.1, 0.15) is 0 Å². The van der Waals surface area contributed by atoms with Gasteiger partial charge in [-0.05, 0) is 0 Å². The first-order valence-electron chi connectivity index (χ1n) is 2.98. The van der Waals surface area contributed by atoms with Crippen LogP contribution in [0.2, 0.25) is 0 Å². The van der Waals surface area contributed by atoms with Crippen LogP contribution < -0.4 is 0 Å². The molecular weight excluding hydrogens is 242 g/mol. The van der Waals surface area contributed by atoms with Crippen molar-refractivity contribution in [1.29, 1.82) is 0 Å². The molecule has 0 aliphatic rings. The molecule has 0 heterocycles. The molecule has 0 aliphatic carbocycles. The third-order valence-corrected chi connectivity index (χ3v) is 2.19. The van der Waals surface area contributed by atoms with E-state index in [1.807, 2.05) is 0 Å². The van der Waals surface area contributed by atoms with Crippen molar-refractivity contribution in [2.75, 3.05) is 11.8 Å². The molecule has 0 atom stereocenters. The highest BCUT2D eigenvalue weighted by molar-refractivity contribution is 6.39. The van der Waals surface area contributed by atoms with Crippen LogP contribution in [0.4, 0.5) is 0 Å². The molecule has 0 saturated carbocycles. The zero-order chi connectivity index (χ0) is 9.56. The first-order valence-corrected chi connectivity index (χ1v) is 4.80.